The highest BCUT2D eigenvalue weighted by Gasteiger charge is 2.29. The molecular formula is C10H12ClNO2S. The van der Waals surface area contributed by atoms with E-state index in [2.05, 4.69) is 5.32 Å². The zero-order valence-electron chi connectivity index (χ0n) is 8.07. The molecule has 0 aromatic carbocycles. The Labute approximate surface area is 97.1 Å². The highest BCUT2D eigenvalue weighted by Crippen LogP contribution is 2.29. The van der Waals surface area contributed by atoms with E-state index >= 15 is 0 Å². The molecule has 5 heteroatoms. The van der Waals surface area contributed by atoms with Crippen molar-refractivity contribution in [1.29, 1.82) is 0 Å². The van der Waals surface area contributed by atoms with Gasteiger partial charge in [0.1, 0.15) is 6.10 Å². The average molecular weight is 246 g/mol. The maximum absolute atomic E-state index is 11.3. The van der Waals surface area contributed by atoms with Crippen molar-refractivity contribution in [1.82, 2.24) is 5.32 Å². The SMILES string of the molecule is O=C(NCC(O)c1ccc(Cl)s1)C1CC1. The van der Waals surface area contributed by atoms with Crippen LogP contribution in [0.25, 0.3) is 0 Å². The van der Waals surface area contributed by atoms with E-state index < -0.39 is 6.10 Å². The topological polar surface area (TPSA) is 49.3 Å². The van der Waals surface area contributed by atoms with Gasteiger partial charge in [0, 0.05) is 17.3 Å². The number of aliphatic hydroxyl groups excluding tert-OH is 1. The fourth-order valence-electron chi connectivity index (χ4n) is 1.30. The molecule has 1 unspecified atom stereocenters. The monoisotopic (exact) mass is 245 g/mol. The van der Waals surface area contributed by atoms with E-state index in [1.807, 2.05) is 0 Å². The van der Waals surface area contributed by atoms with Crippen LogP contribution in [0.5, 0.6) is 0 Å². The van der Waals surface area contributed by atoms with Gasteiger partial charge in [-0.2, -0.15) is 0 Å². The molecule has 0 radical (unpaired) electrons. The first-order chi connectivity index (χ1) is 7.16. The molecule has 1 aliphatic rings. The molecule has 1 heterocycles. The molecule has 0 spiro atoms. The summed E-state index contributed by atoms with van der Waals surface area (Å²) in [6, 6.07) is 3.52. The molecule has 1 aliphatic carbocycles. The predicted molar refractivity (Wildman–Crippen MR) is 60.0 cm³/mol. The standard InChI is InChI=1S/C10H12ClNO2S/c11-9-4-3-8(15-9)7(13)5-12-10(14)6-1-2-6/h3-4,6-7,13H,1-2,5H2,(H,12,14). The lowest BCUT2D eigenvalue weighted by Gasteiger charge is -2.09. The van der Waals surface area contributed by atoms with E-state index in [1.54, 1.807) is 12.1 Å². The number of hydrogen-bond donors (Lipinski definition) is 2. The van der Waals surface area contributed by atoms with Gasteiger partial charge in [0.05, 0.1) is 4.34 Å². The number of hydrogen-bond acceptors (Lipinski definition) is 3. The molecule has 0 aliphatic heterocycles. The number of halogens is 1. The molecule has 2 rings (SSSR count). The molecule has 1 fully saturated rings. The third-order valence-corrected chi connectivity index (χ3v) is 3.67. The average Bonchev–Trinajstić information content (AvgIpc) is 2.97. The summed E-state index contributed by atoms with van der Waals surface area (Å²) < 4.78 is 0.651. The molecule has 82 valence electrons. The second kappa shape index (κ2) is 4.51. The van der Waals surface area contributed by atoms with E-state index in [1.165, 1.54) is 11.3 Å². The smallest absolute Gasteiger partial charge is 0.223 e. The van der Waals surface area contributed by atoms with Crippen molar-refractivity contribution >= 4 is 28.8 Å². The summed E-state index contributed by atoms with van der Waals surface area (Å²) in [5.41, 5.74) is 0. The minimum atomic E-state index is -0.648. The van der Waals surface area contributed by atoms with Crippen LogP contribution in [-0.4, -0.2) is 17.6 Å². The van der Waals surface area contributed by atoms with Crippen LogP contribution in [0.1, 0.15) is 23.8 Å². The number of amides is 1. The first kappa shape index (κ1) is 10.9. The number of nitrogens with one attached hydrogen (secondary N) is 1. The Kier molecular flexibility index (Phi) is 3.29. The second-order valence-electron chi connectivity index (χ2n) is 3.68. The van der Waals surface area contributed by atoms with E-state index in [9.17, 15) is 9.90 Å². The Morgan fingerprint density at radius 3 is 2.93 bits per heavy atom. The summed E-state index contributed by atoms with van der Waals surface area (Å²) in [5.74, 6) is 0.237. The number of thiophene rings is 1. The van der Waals surface area contributed by atoms with Gasteiger partial charge in [-0.1, -0.05) is 11.6 Å². The lowest BCUT2D eigenvalue weighted by Crippen LogP contribution is -2.29. The van der Waals surface area contributed by atoms with Gasteiger partial charge < -0.3 is 10.4 Å². The highest BCUT2D eigenvalue weighted by molar-refractivity contribution is 7.16. The van der Waals surface area contributed by atoms with Gasteiger partial charge in [0.15, 0.2) is 0 Å². The van der Waals surface area contributed by atoms with E-state index in [-0.39, 0.29) is 18.4 Å². The molecule has 1 amide bonds. The van der Waals surface area contributed by atoms with Crippen molar-refractivity contribution in [2.24, 2.45) is 5.92 Å². The largest absolute Gasteiger partial charge is 0.386 e. The van der Waals surface area contributed by atoms with Crippen LogP contribution < -0.4 is 5.32 Å². The number of carbonyl (C=O) groups is 1. The van der Waals surface area contributed by atoms with Crippen LogP contribution in [0.2, 0.25) is 4.34 Å². The third kappa shape index (κ3) is 2.93. The maximum Gasteiger partial charge on any atom is 0.223 e. The van der Waals surface area contributed by atoms with Crippen LogP contribution in [0.15, 0.2) is 12.1 Å². The molecule has 1 saturated carbocycles. The Bertz CT molecular complexity index is 362. The normalized spacial score (nSPS) is 17.5. The Morgan fingerprint density at radius 1 is 1.67 bits per heavy atom. The van der Waals surface area contributed by atoms with E-state index in [0.717, 1.165) is 17.7 Å². The summed E-state index contributed by atoms with van der Waals surface area (Å²) in [6.45, 7) is 0.270. The minimum absolute atomic E-state index is 0.0525. The van der Waals surface area contributed by atoms with Gasteiger partial charge in [-0.3, -0.25) is 4.79 Å². The van der Waals surface area contributed by atoms with Gasteiger partial charge >= 0.3 is 0 Å². The van der Waals surface area contributed by atoms with Crippen molar-refractivity contribution in [2.75, 3.05) is 6.54 Å². The predicted octanol–water partition coefficient (Wildman–Crippen LogP) is 1.96. The zero-order chi connectivity index (χ0) is 10.8. The fourth-order valence-corrected chi connectivity index (χ4v) is 2.34. The lowest BCUT2D eigenvalue weighted by molar-refractivity contribution is -0.122. The molecule has 0 saturated heterocycles. The van der Waals surface area contributed by atoms with Gasteiger partial charge in [0.25, 0.3) is 0 Å². The van der Waals surface area contributed by atoms with Crippen LogP contribution in [0.4, 0.5) is 0 Å². The molecule has 2 N–H and O–H groups in total. The number of rotatable bonds is 4. The summed E-state index contributed by atoms with van der Waals surface area (Å²) in [6.07, 6.45) is 1.31. The third-order valence-electron chi connectivity index (χ3n) is 2.34. The van der Waals surface area contributed by atoms with Gasteiger partial charge in [0.2, 0.25) is 5.91 Å². The Hall–Kier alpha value is -0.580. The number of aliphatic hydroxyl groups is 1. The second-order valence-corrected chi connectivity index (χ2v) is 5.42. The van der Waals surface area contributed by atoms with Crippen molar-refractivity contribution in [2.45, 2.75) is 18.9 Å². The fraction of sp³-hybridized carbons (Fsp3) is 0.500. The zero-order valence-corrected chi connectivity index (χ0v) is 9.64. The minimum Gasteiger partial charge on any atom is -0.386 e. The molecule has 3 nitrogen and oxygen atoms in total. The summed E-state index contributed by atoms with van der Waals surface area (Å²) in [5, 5.41) is 12.4. The van der Waals surface area contributed by atoms with Crippen LogP contribution in [-0.2, 0) is 4.79 Å². The first-order valence-corrected chi connectivity index (χ1v) is 6.07. The van der Waals surface area contributed by atoms with Gasteiger partial charge in [-0.05, 0) is 25.0 Å². The van der Waals surface area contributed by atoms with Gasteiger partial charge in [-0.15, -0.1) is 11.3 Å². The maximum atomic E-state index is 11.3. The van der Waals surface area contributed by atoms with Crippen LogP contribution >= 0.6 is 22.9 Å². The van der Waals surface area contributed by atoms with Gasteiger partial charge in [-0.25, -0.2) is 0 Å². The molecule has 0 bridgehead atoms. The summed E-state index contributed by atoms with van der Waals surface area (Å²) in [7, 11) is 0. The first-order valence-electron chi connectivity index (χ1n) is 4.88. The molecule has 1 atom stereocenters. The highest BCUT2D eigenvalue weighted by atomic mass is 35.5. The van der Waals surface area contributed by atoms with E-state index in [0.29, 0.717) is 4.34 Å². The van der Waals surface area contributed by atoms with Crippen molar-refractivity contribution < 1.29 is 9.90 Å². The van der Waals surface area contributed by atoms with Crippen molar-refractivity contribution in [3.8, 4) is 0 Å². The summed E-state index contributed by atoms with van der Waals surface area (Å²) >= 11 is 7.08. The van der Waals surface area contributed by atoms with Crippen molar-refractivity contribution in [3.63, 3.8) is 0 Å². The van der Waals surface area contributed by atoms with Crippen LogP contribution in [0.3, 0.4) is 0 Å². The Balaban J connectivity index is 1.81. The van der Waals surface area contributed by atoms with E-state index in [4.69, 9.17) is 11.6 Å². The lowest BCUT2D eigenvalue weighted by atomic mass is 10.3. The Morgan fingerprint density at radius 2 is 2.40 bits per heavy atom. The molecule has 1 aromatic rings. The quantitative estimate of drug-likeness (QED) is 0.852. The molecule has 1 aromatic heterocycles. The van der Waals surface area contributed by atoms with Crippen molar-refractivity contribution in [3.05, 3.63) is 21.3 Å². The molecular weight excluding hydrogens is 234 g/mol. The number of carbonyl (C=O) groups excluding carboxylic acids is 1. The summed E-state index contributed by atoms with van der Waals surface area (Å²) in [4.78, 5) is 12.1. The molecule has 15 heavy (non-hydrogen) atoms. The van der Waals surface area contributed by atoms with Crippen LogP contribution in [0, 0.1) is 5.92 Å².